The number of carbonyl (C=O) groups is 2. The Morgan fingerprint density at radius 2 is 1.72 bits per heavy atom. The first-order valence-electron chi connectivity index (χ1n) is 8.08. The Kier molecular flexibility index (Phi) is 6.21. The van der Waals surface area contributed by atoms with Crippen LogP contribution in [0.4, 0.5) is 5.69 Å². The molecule has 1 atom stereocenters. The summed E-state index contributed by atoms with van der Waals surface area (Å²) < 4.78 is 4.74. The lowest BCUT2D eigenvalue weighted by atomic mass is 9.87. The van der Waals surface area contributed by atoms with Gasteiger partial charge in [-0.2, -0.15) is 0 Å². The zero-order chi connectivity index (χ0) is 18.6. The van der Waals surface area contributed by atoms with Crippen molar-refractivity contribution < 1.29 is 14.3 Å². The van der Waals surface area contributed by atoms with Gasteiger partial charge in [-0.1, -0.05) is 43.6 Å². The number of esters is 1. The predicted molar refractivity (Wildman–Crippen MR) is 100 cm³/mol. The summed E-state index contributed by atoms with van der Waals surface area (Å²) >= 11 is 5.94. The van der Waals surface area contributed by atoms with Gasteiger partial charge in [-0.15, -0.1) is 0 Å². The lowest BCUT2D eigenvalue weighted by Crippen LogP contribution is -2.25. The Bertz CT molecular complexity index is 769. The van der Waals surface area contributed by atoms with E-state index in [2.05, 4.69) is 5.32 Å². The zero-order valence-electron chi connectivity index (χ0n) is 14.8. The van der Waals surface area contributed by atoms with Crippen LogP contribution in [0.15, 0.2) is 42.5 Å². The third kappa shape index (κ3) is 4.60. The number of benzene rings is 2. The molecule has 0 saturated carbocycles. The first kappa shape index (κ1) is 19.0. The minimum absolute atomic E-state index is 0.102. The first-order valence-corrected chi connectivity index (χ1v) is 8.46. The Hall–Kier alpha value is -2.33. The van der Waals surface area contributed by atoms with E-state index in [1.807, 2.05) is 32.9 Å². The van der Waals surface area contributed by atoms with Gasteiger partial charge in [0.15, 0.2) is 0 Å². The average molecular weight is 360 g/mol. The third-order valence-electron chi connectivity index (χ3n) is 4.09. The summed E-state index contributed by atoms with van der Waals surface area (Å²) in [4.78, 5) is 24.6. The van der Waals surface area contributed by atoms with Gasteiger partial charge in [0.05, 0.1) is 18.6 Å². The Morgan fingerprint density at radius 3 is 2.28 bits per heavy atom. The second kappa shape index (κ2) is 8.17. The number of hydrogen-bond donors (Lipinski definition) is 1. The molecule has 25 heavy (non-hydrogen) atoms. The molecule has 0 aliphatic heterocycles. The van der Waals surface area contributed by atoms with E-state index in [1.54, 1.807) is 30.3 Å². The molecule has 132 valence electrons. The molecular weight excluding hydrogens is 338 g/mol. The van der Waals surface area contributed by atoms with Gasteiger partial charge in [0, 0.05) is 10.7 Å². The van der Waals surface area contributed by atoms with Crippen molar-refractivity contribution in [1.29, 1.82) is 0 Å². The van der Waals surface area contributed by atoms with E-state index in [1.165, 1.54) is 7.11 Å². The molecule has 0 unspecified atom stereocenters. The maximum absolute atomic E-state index is 12.9. The minimum Gasteiger partial charge on any atom is -0.465 e. The minimum atomic E-state index is -0.436. The van der Waals surface area contributed by atoms with Crippen LogP contribution in [0, 0.1) is 12.8 Å². The number of amides is 1. The zero-order valence-corrected chi connectivity index (χ0v) is 15.6. The molecule has 0 bridgehead atoms. The Morgan fingerprint density at radius 1 is 1.08 bits per heavy atom. The van der Waals surface area contributed by atoms with E-state index in [9.17, 15) is 9.59 Å². The fourth-order valence-electron chi connectivity index (χ4n) is 2.72. The van der Waals surface area contributed by atoms with Gasteiger partial charge in [-0.05, 0) is 48.2 Å². The van der Waals surface area contributed by atoms with Gasteiger partial charge < -0.3 is 10.1 Å². The third-order valence-corrected chi connectivity index (χ3v) is 4.35. The van der Waals surface area contributed by atoms with Gasteiger partial charge in [0.2, 0.25) is 5.91 Å². The van der Waals surface area contributed by atoms with Crippen LogP contribution in [0.25, 0.3) is 0 Å². The average Bonchev–Trinajstić information content (AvgIpc) is 2.57. The first-order chi connectivity index (χ1) is 11.8. The maximum atomic E-state index is 12.9. The molecular formula is C20H22ClNO3. The summed E-state index contributed by atoms with van der Waals surface area (Å²) in [6, 6.07) is 12.4. The fourth-order valence-corrected chi connectivity index (χ4v) is 2.85. The summed E-state index contributed by atoms with van der Waals surface area (Å²) in [6.07, 6.45) is 0. The molecule has 0 aromatic heterocycles. The van der Waals surface area contributed by atoms with Crippen LogP contribution in [-0.2, 0) is 9.53 Å². The van der Waals surface area contributed by atoms with E-state index in [4.69, 9.17) is 16.3 Å². The quantitative estimate of drug-likeness (QED) is 0.779. The van der Waals surface area contributed by atoms with Gasteiger partial charge in [-0.3, -0.25) is 4.79 Å². The van der Waals surface area contributed by atoms with Crippen LogP contribution in [0.5, 0.6) is 0 Å². The predicted octanol–water partition coefficient (Wildman–Crippen LogP) is 4.81. The molecule has 0 saturated heterocycles. The van der Waals surface area contributed by atoms with Crippen molar-refractivity contribution in [3.8, 4) is 0 Å². The molecule has 0 spiro atoms. The number of ether oxygens (including phenoxy) is 1. The summed E-state index contributed by atoms with van der Waals surface area (Å²) in [5, 5.41) is 3.58. The monoisotopic (exact) mass is 359 g/mol. The Labute approximate surface area is 153 Å². The molecule has 1 N–H and O–H groups in total. The number of methoxy groups -OCH3 is 1. The van der Waals surface area contributed by atoms with Gasteiger partial charge in [0.1, 0.15) is 0 Å². The second-order valence-electron chi connectivity index (χ2n) is 6.28. The van der Waals surface area contributed by atoms with Crippen LogP contribution in [0.1, 0.15) is 41.3 Å². The largest absolute Gasteiger partial charge is 0.465 e. The molecule has 0 fully saturated rings. The molecule has 0 aliphatic carbocycles. The maximum Gasteiger partial charge on any atom is 0.337 e. The van der Waals surface area contributed by atoms with Crippen molar-refractivity contribution in [3.05, 3.63) is 64.2 Å². The van der Waals surface area contributed by atoms with E-state index in [0.717, 1.165) is 11.1 Å². The number of halogens is 1. The molecule has 4 nitrogen and oxygen atoms in total. The molecule has 5 heteroatoms. The van der Waals surface area contributed by atoms with Crippen LogP contribution in [-0.4, -0.2) is 19.0 Å². The molecule has 2 aromatic carbocycles. The molecule has 1 amide bonds. The molecule has 0 aliphatic rings. The molecule has 2 aromatic rings. The van der Waals surface area contributed by atoms with Crippen molar-refractivity contribution in [2.24, 2.45) is 5.92 Å². The van der Waals surface area contributed by atoms with Crippen molar-refractivity contribution in [1.82, 2.24) is 0 Å². The van der Waals surface area contributed by atoms with Crippen LogP contribution in [0.3, 0.4) is 0 Å². The van der Waals surface area contributed by atoms with Gasteiger partial charge in [0.25, 0.3) is 0 Å². The van der Waals surface area contributed by atoms with Gasteiger partial charge >= 0.3 is 5.97 Å². The molecule has 0 radical (unpaired) electrons. The number of rotatable bonds is 5. The van der Waals surface area contributed by atoms with E-state index >= 15 is 0 Å². The fraction of sp³-hybridized carbons (Fsp3) is 0.300. The SMILES string of the molecule is COC(=O)c1ccc(C)c(NC(=O)[C@H](c2ccc(Cl)cc2)C(C)C)c1. The van der Waals surface area contributed by atoms with Gasteiger partial charge in [-0.25, -0.2) is 4.79 Å². The standard InChI is InChI=1S/C20H22ClNO3/c1-12(2)18(14-7-9-16(21)10-8-14)19(23)22-17-11-15(20(24)25-4)6-5-13(17)3/h5-12,18H,1-4H3,(H,22,23)/t18-/m0/s1. The lowest BCUT2D eigenvalue weighted by molar-refractivity contribution is -0.118. The lowest BCUT2D eigenvalue weighted by Gasteiger charge is -2.21. The molecule has 2 rings (SSSR count). The second-order valence-corrected chi connectivity index (χ2v) is 6.72. The smallest absolute Gasteiger partial charge is 0.337 e. The summed E-state index contributed by atoms with van der Waals surface area (Å²) in [5.41, 5.74) is 2.78. The number of nitrogens with one attached hydrogen (secondary N) is 1. The van der Waals surface area contributed by atoms with Crippen LogP contribution >= 0.6 is 11.6 Å². The van der Waals surface area contributed by atoms with E-state index in [-0.39, 0.29) is 17.7 Å². The summed E-state index contributed by atoms with van der Waals surface area (Å²) in [7, 11) is 1.33. The summed E-state index contributed by atoms with van der Waals surface area (Å²) in [6.45, 7) is 5.87. The topological polar surface area (TPSA) is 55.4 Å². The van der Waals surface area contributed by atoms with Crippen molar-refractivity contribution in [2.75, 3.05) is 12.4 Å². The van der Waals surface area contributed by atoms with E-state index < -0.39 is 5.97 Å². The number of anilines is 1. The summed E-state index contributed by atoms with van der Waals surface area (Å²) in [5.74, 6) is -0.778. The van der Waals surface area contributed by atoms with Crippen molar-refractivity contribution >= 4 is 29.2 Å². The highest BCUT2D eigenvalue weighted by molar-refractivity contribution is 6.30. The highest BCUT2D eigenvalue weighted by Gasteiger charge is 2.25. The van der Waals surface area contributed by atoms with Crippen LogP contribution < -0.4 is 5.32 Å². The normalized spacial score (nSPS) is 11.9. The number of aryl methyl sites for hydroxylation is 1. The number of carbonyl (C=O) groups excluding carboxylic acids is 2. The highest BCUT2D eigenvalue weighted by Crippen LogP contribution is 2.28. The van der Waals surface area contributed by atoms with E-state index in [0.29, 0.717) is 16.3 Å². The van der Waals surface area contributed by atoms with Crippen molar-refractivity contribution in [2.45, 2.75) is 26.7 Å². The van der Waals surface area contributed by atoms with Crippen LogP contribution in [0.2, 0.25) is 5.02 Å². The number of hydrogen-bond acceptors (Lipinski definition) is 3. The Balaban J connectivity index is 2.29. The highest BCUT2D eigenvalue weighted by atomic mass is 35.5. The molecule has 0 heterocycles. The van der Waals surface area contributed by atoms with Crippen molar-refractivity contribution in [3.63, 3.8) is 0 Å².